The molecule has 4 aliphatic heterocycles. The first-order valence-electron chi connectivity index (χ1n) is 7.13. The molecule has 6 heteroatoms. The van der Waals surface area contributed by atoms with Crippen molar-refractivity contribution in [3.8, 4) is 0 Å². The fourth-order valence-corrected chi connectivity index (χ4v) is 3.75. The zero-order chi connectivity index (χ0) is 14.9. The molecule has 5 unspecified atom stereocenters. The Morgan fingerprint density at radius 1 is 1.29 bits per heavy atom. The molecular weight excluding hydrogens is 276 g/mol. The molecule has 0 amide bonds. The Bertz CT molecular complexity index is 618. The molecule has 0 aromatic carbocycles. The Morgan fingerprint density at radius 3 is 2.81 bits per heavy atom. The fourth-order valence-electron chi connectivity index (χ4n) is 3.75. The highest BCUT2D eigenvalue weighted by atomic mass is 16.7. The van der Waals surface area contributed by atoms with Gasteiger partial charge in [-0.2, -0.15) is 0 Å². The third kappa shape index (κ3) is 1.54. The number of carbonyl (C=O) groups excluding carboxylic acids is 2. The van der Waals surface area contributed by atoms with Crippen LogP contribution in [0.25, 0.3) is 0 Å². The molecule has 4 rings (SSSR count). The summed E-state index contributed by atoms with van der Waals surface area (Å²) < 4.78 is 16.8. The molecule has 5 atom stereocenters. The van der Waals surface area contributed by atoms with E-state index in [-0.39, 0.29) is 6.10 Å². The van der Waals surface area contributed by atoms with Gasteiger partial charge in [-0.05, 0) is 38.3 Å². The smallest absolute Gasteiger partial charge is 0.337 e. The molecule has 0 aromatic heterocycles. The van der Waals surface area contributed by atoms with Gasteiger partial charge in [0.05, 0.1) is 17.6 Å². The van der Waals surface area contributed by atoms with E-state index in [1.165, 1.54) is 0 Å². The van der Waals surface area contributed by atoms with Gasteiger partial charge in [-0.1, -0.05) is 0 Å². The van der Waals surface area contributed by atoms with Crippen molar-refractivity contribution in [2.24, 2.45) is 5.92 Å². The van der Waals surface area contributed by atoms with Crippen molar-refractivity contribution in [2.45, 2.75) is 50.8 Å². The zero-order valence-electron chi connectivity index (χ0n) is 11.8. The second kappa shape index (κ2) is 3.96. The Balaban J connectivity index is 1.91. The number of hydrogen-bond acceptors (Lipinski definition) is 6. The lowest BCUT2D eigenvalue weighted by molar-refractivity contribution is -0.190. The second-order valence-electron chi connectivity index (χ2n) is 6.12. The highest BCUT2D eigenvalue weighted by Crippen LogP contribution is 2.49. The van der Waals surface area contributed by atoms with Crippen LogP contribution in [0.1, 0.15) is 26.7 Å². The molecule has 2 fully saturated rings. The Kier molecular flexibility index (Phi) is 2.45. The van der Waals surface area contributed by atoms with Crippen LogP contribution in [0.5, 0.6) is 0 Å². The van der Waals surface area contributed by atoms with Gasteiger partial charge in [-0.3, -0.25) is 4.79 Å². The molecule has 6 nitrogen and oxygen atoms in total. The van der Waals surface area contributed by atoms with Crippen molar-refractivity contribution in [1.82, 2.24) is 0 Å². The average molecular weight is 292 g/mol. The minimum atomic E-state index is -1.32. The van der Waals surface area contributed by atoms with Gasteiger partial charge in [0.15, 0.2) is 6.10 Å². The number of aliphatic hydroxyl groups excluding tert-OH is 1. The van der Waals surface area contributed by atoms with Gasteiger partial charge in [-0.15, -0.1) is 0 Å². The molecule has 1 spiro atoms. The van der Waals surface area contributed by atoms with E-state index in [9.17, 15) is 14.7 Å². The van der Waals surface area contributed by atoms with Crippen molar-refractivity contribution in [3.05, 3.63) is 22.8 Å². The Morgan fingerprint density at radius 2 is 2.05 bits per heavy atom. The van der Waals surface area contributed by atoms with Crippen LogP contribution in [0.3, 0.4) is 0 Å². The highest BCUT2D eigenvalue weighted by Gasteiger charge is 2.60. The number of hydrogen-bond donors (Lipinski definition) is 1. The van der Waals surface area contributed by atoms with E-state index in [1.54, 1.807) is 13.0 Å². The molecule has 112 valence electrons. The summed E-state index contributed by atoms with van der Waals surface area (Å²) in [6.07, 6.45) is 0.777. The second-order valence-corrected chi connectivity index (χ2v) is 6.12. The molecule has 4 heterocycles. The first kappa shape index (κ1) is 13.0. The molecule has 1 N–H and O–H groups in total. The number of rotatable bonds is 0. The number of esters is 2. The maximum atomic E-state index is 12.0. The largest absolute Gasteiger partial charge is 0.454 e. The predicted molar refractivity (Wildman–Crippen MR) is 68.8 cm³/mol. The summed E-state index contributed by atoms with van der Waals surface area (Å²) in [7, 11) is 0. The van der Waals surface area contributed by atoms with E-state index in [1.807, 2.05) is 6.92 Å². The molecule has 0 aliphatic carbocycles. The highest BCUT2D eigenvalue weighted by molar-refractivity contribution is 5.93. The summed E-state index contributed by atoms with van der Waals surface area (Å²) in [6.45, 7) is 3.53. The van der Waals surface area contributed by atoms with Crippen LogP contribution in [0.15, 0.2) is 22.8 Å². The third-order valence-electron chi connectivity index (χ3n) is 4.87. The fraction of sp³-hybridized carbons (Fsp3) is 0.600. The van der Waals surface area contributed by atoms with E-state index in [2.05, 4.69) is 0 Å². The van der Waals surface area contributed by atoms with Crippen molar-refractivity contribution >= 4 is 11.9 Å². The summed E-state index contributed by atoms with van der Waals surface area (Å²) in [6, 6.07) is 0. The molecule has 4 aliphatic rings. The zero-order valence-corrected chi connectivity index (χ0v) is 11.8. The van der Waals surface area contributed by atoms with Gasteiger partial charge in [0.2, 0.25) is 0 Å². The summed E-state index contributed by atoms with van der Waals surface area (Å²) in [4.78, 5) is 24.0. The van der Waals surface area contributed by atoms with Gasteiger partial charge >= 0.3 is 11.9 Å². The topological polar surface area (TPSA) is 82.1 Å². The molecule has 4 bridgehead atoms. The normalized spacial score (nSPS) is 44.6. The van der Waals surface area contributed by atoms with Gasteiger partial charge in [-0.25, -0.2) is 4.79 Å². The summed E-state index contributed by atoms with van der Waals surface area (Å²) in [5, 5.41) is 10.4. The van der Waals surface area contributed by atoms with Crippen molar-refractivity contribution in [2.75, 3.05) is 0 Å². The lowest BCUT2D eigenvalue weighted by atomic mass is 9.87. The third-order valence-corrected chi connectivity index (χ3v) is 4.87. The SMILES string of the molecule is CC1=CC23OC(=O)C(C)=C2C2OC(=O)C(CCC1O3)C2O. The summed E-state index contributed by atoms with van der Waals surface area (Å²) in [5.74, 6) is -2.80. The molecule has 0 radical (unpaired) electrons. The maximum absolute atomic E-state index is 12.0. The van der Waals surface area contributed by atoms with Gasteiger partial charge < -0.3 is 19.3 Å². The van der Waals surface area contributed by atoms with Crippen molar-refractivity contribution in [1.29, 1.82) is 0 Å². The first-order valence-corrected chi connectivity index (χ1v) is 7.13. The number of ether oxygens (including phenoxy) is 3. The van der Waals surface area contributed by atoms with Crippen LogP contribution in [-0.4, -0.2) is 41.1 Å². The van der Waals surface area contributed by atoms with Crippen LogP contribution in [0.2, 0.25) is 0 Å². The minimum Gasteiger partial charge on any atom is -0.454 e. The summed E-state index contributed by atoms with van der Waals surface area (Å²) in [5.41, 5.74) is 1.75. The molecule has 0 aromatic rings. The van der Waals surface area contributed by atoms with Gasteiger partial charge in [0, 0.05) is 5.57 Å². The standard InChI is InChI=1S/C15H16O6/c1-6-5-15-10(7(2)13(17)21-15)12-11(16)8(14(18)19-12)3-4-9(6)20-15/h5,8-9,11-12,16H,3-4H2,1-2H3. The van der Waals surface area contributed by atoms with E-state index in [4.69, 9.17) is 14.2 Å². The quantitative estimate of drug-likeness (QED) is 0.520. The lowest BCUT2D eigenvalue weighted by Gasteiger charge is -2.28. The molecule has 21 heavy (non-hydrogen) atoms. The van der Waals surface area contributed by atoms with Crippen LogP contribution in [-0.2, 0) is 23.8 Å². The lowest BCUT2D eigenvalue weighted by Crippen LogP contribution is -2.40. The van der Waals surface area contributed by atoms with E-state index >= 15 is 0 Å². The Hall–Kier alpha value is -1.66. The van der Waals surface area contributed by atoms with Crippen LogP contribution < -0.4 is 0 Å². The molecule has 0 saturated carbocycles. The van der Waals surface area contributed by atoms with Gasteiger partial charge in [0.25, 0.3) is 5.79 Å². The van der Waals surface area contributed by atoms with E-state index in [0.717, 1.165) is 5.57 Å². The molecular formula is C15H16O6. The van der Waals surface area contributed by atoms with Crippen molar-refractivity contribution < 1.29 is 28.9 Å². The van der Waals surface area contributed by atoms with Gasteiger partial charge in [0.1, 0.15) is 6.10 Å². The number of aliphatic hydroxyl groups is 1. The first-order chi connectivity index (χ1) is 9.93. The van der Waals surface area contributed by atoms with Crippen LogP contribution in [0.4, 0.5) is 0 Å². The van der Waals surface area contributed by atoms with Crippen LogP contribution in [0, 0.1) is 5.92 Å². The van der Waals surface area contributed by atoms with Crippen molar-refractivity contribution in [3.63, 3.8) is 0 Å². The predicted octanol–water partition coefficient (Wildman–Crippen LogP) is 0.597. The number of fused-ring (bicyclic) bond motifs is 4. The minimum absolute atomic E-state index is 0.210. The van der Waals surface area contributed by atoms with E-state index < -0.39 is 35.9 Å². The monoisotopic (exact) mass is 292 g/mol. The van der Waals surface area contributed by atoms with E-state index in [0.29, 0.717) is 24.0 Å². The summed E-state index contributed by atoms with van der Waals surface area (Å²) >= 11 is 0. The maximum Gasteiger partial charge on any atom is 0.337 e. The Labute approximate surface area is 121 Å². The van der Waals surface area contributed by atoms with Crippen LogP contribution >= 0.6 is 0 Å². The molecule has 2 saturated heterocycles. The number of carbonyl (C=O) groups is 2. The average Bonchev–Trinajstić information content (AvgIpc) is 2.95.